The lowest BCUT2D eigenvalue weighted by molar-refractivity contribution is 0.299. The molecular weight excluding hydrogens is 224 g/mol. The molecule has 1 aromatic heterocycles. The minimum absolute atomic E-state index is 0.207. The lowest BCUT2D eigenvalue weighted by Crippen LogP contribution is -1.96. The summed E-state index contributed by atoms with van der Waals surface area (Å²) in [6.07, 6.45) is 3.55. The fraction of sp³-hybridized carbons (Fsp3) is 0.400. The SMILES string of the molecule is CC(C)c1[nH]ncc1Cc1ccc(CCO)cc1. The average Bonchev–Trinajstić information content (AvgIpc) is 2.80. The van der Waals surface area contributed by atoms with Crippen LogP contribution in [-0.4, -0.2) is 21.9 Å². The van der Waals surface area contributed by atoms with E-state index in [2.05, 4.69) is 48.3 Å². The second-order valence-electron chi connectivity index (χ2n) is 4.93. The molecule has 0 saturated carbocycles. The van der Waals surface area contributed by atoms with Gasteiger partial charge in [0.2, 0.25) is 0 Å². The maximum Gasteiger partial charge on any atom is 0.0525 e. The highest BCUT2D eigenvalue weighted by atomic mass is 16.2. The Kier molecular flexibility index (Phi) is 4.15. The molecule has 2 N–H and O–H groups in total. The van der Waals surface area contributed by atoms with Crippen molar-refractivity contribution in [3.63, 3.8) is 0 Å². The van der Waals surface area contributed by atoms with Gasteiger partial charge in [0.1, 0.15) is 0 Å². The van der Waals surface area contributed by atoms with Crippen LogP contribution in [0, 0.1) is 0 Å². The van der Waals surface area contributed by atoms with Gasteiger partial charge in [0.15, 0.2) is 0 Å². The van der Waals surface area contributed by atoms with Crippen LogP contribution in [-0.2, 0) is 12.8 Å². The van der Waals surface area contributed by atoms with Crippen molar-refractivity contribution in [2.45, 2.75) is 32.6 Å². The minimum Gasteiger partial charge on any atom is -0.396 e. The van der Waals surface area contributed by atoms with Gasteiger partial charge in [-0.2, -0.15) is 5.10 Å². The van der Waals surface area contributed by atoms with Crippen molar-refractivity contribution >= 4 is 0 Å². The third kappa shape index (κ3) is 2.99. The van der Waals surface area contributed by atoms with E-state index >= 15 is 0 Å². The number of nitrogens with zero attached hydrogens (tertiary/aromatic N) is 1. The van der Waals surface area contributed by atoms with Crippen LogP contribution in [0.4, 0.5) is 0 Å². The topological polar surface area (TPSA) is 48.9 Å². The van der Waals surface area contributed by atoms with Gasteiger partial charge < -0.3 is 5.11 Å². The van der Waals surface area contributed by atoms with Crippen LogP contribution in [0.25, 0.3) is 0 Å². The molecule has 3 nitrogen and oxygen atoms in total. The van der Waals surface area contributed by atoms with E-state index in [1.54, 1.807) is 0 Å². The smallest absolute Gasteiger partial charge is 0.0525 e. The summed E-state index contributed by atoms with van der Waals surface area (Å²) in [5.74, 6) is 0.469. The molecule has 0 fully saturated rings. The number of hydrogen-bond donors (Lipinski definition) is 2. The van der Waals surface area contributed by atoms with Crippen molar-refractivity contribution in [3.05, 3.63) is 52.8 Å². The second kappa shape index (κ2) is 5.83. The van der Waals surface area contributed by atoms with Gasteiger partial charge in [0.25, 0.3) is 0 Å². The second-order valence-corrected chi connectivity index (χ2v) is 4.93. The van der Waals surface area contributed by atoms with Crippen LogP contribution in [0.5, 0.6) is 0 Å². The van der Waals surface area contributed by atoms with E-state index in [0.29, 0.717) is 5.92 Å². The van der Waals surface area contributed by atoms with Crippen molar-refractivity contribution < 1.29 is 5.11 Å². The maximum atomic E-state index is 8.88. The highest BCUT2D eigenvalue weighted by Crippen LogP contribution is 2.19. The van der Waals surface area contributed by atoms with Gasteiger partial charge in [-0.15, -0.1) is 0 Å². The molecule has 0 saturated heterocycles. The van der Waals surface area contributed by atoms with Crippen molar-refractivity contribution in [2.75, 3.05) is 6.61 Å². The summed E-state index contributed by atoms with van der Waals surface area (Å²) in [7, 11) is 0. The predicted molar refractivity (Wildman–Crippen MR) is 72.7 cm³/mol. The number of rotatable bonds is 5. The summed E-state index contributed by atoms with van der Waals surface area (Å²) in [6, 6.07) is 8.42. The van der Waals surface area contributed by atoms with Gasteiger partial charge in [-0.3, -0.25) is 5.10 Å². The quantitative estimate of drug-likeness (QED) is 0.849. The Labute approximate surface area is 108 Å². The highest BCUT2D eigenvalue weighted by Gasteiger charge is 2.09. The first-order valence-electron chi connectivity index (χ1n) is 6.41. The maximum absolute atomic E-state index is 8.88. The van der Waals surface area contributed by atoms with E-state index < -0.39 is 0 Å². The molecule has 2 rings (SSSR count). The number of aromatic nitrogens is 2. The van der Waals surface area contributed by atoms with E-state index in [4.69, 9.17) is 5.11 Å². The van der Waals surface area contributed by atoms with Gasteiger partial charge in [0, 0.05) is 18.7 Å². The molecule has 0 aliphatic carbocycles. The van der Waals surface area contributed by atoms with Crippen molar-refractivity contribution in [1.29, 1.82) is 0 Å². The summed E-state index contributed by atoms with van der Waals surface area (Å²) >= 11 is 0. The van der Waals surface area contributed by atoms with E-state index in [9.17, 15) is 0 Å². The van der Waals surface area contributed by atoms with Crippen LogP contribution >= 0.6 is 0 Å². The molecule has 0 amide bonds. The first-order valence-corrected chi connectivity index (χ1v) is 6.41. The zero-order chi connectivity index (χ0) is 13.0. The van der Waals surface area contributed by atoms with Crippen molar-refractivity contribution in [2.24, 2.45) is 0 Å². The highest BCUT2D eigenvalue weighted by molar-refractivity contribution is 5.30. The number of aromatic amines is 1. The molecule has 0 unspecified atom stereocenters. The molecule has 0 spiro atoms. The molecule has 1 heterocycles. The third-order valence-electron chi connectivity index (χ3n) is 3.15. The molecule has 0 aliphatic heterocycles. The van der Waals surface area contributed by atoms with E-state index in [0.717, 1.165) is 12.8 Å². The van der Waals surface area contributed by atoms with Crippen LogP contribution in [0.1, 0.15) is 42.1 Å². The Hall–Kier alpha value is -1.61. The van der Waals surface area contributed by atoms with Crippen LogP contribution in [0.2, 0.25) is 0 Å². The first kappa shape index (κ1) is 12.8. The first-order chi connectivity index (χ1) is 8.70. The van der Waals surface area contributed by atoms with Crippen molar-refractivity contribution in [3.8, 4) is 0 Å². The largest absolute Gasteiger partial charge is 0.396 e. The number of benzene rings is 1. The van der Waals surface area contributed by atoms with Gasteiger partial charge in [-0.1, -0.05) is 38.1 Å². The molecule has 3 heteroatoms. The number of nitrogens with one attached hydrogen (secondary N) is 1. The van der Waals surface area contributed by atoms with Gasteiger partial charge >= 0.3 is 0 Å². The number of H-pyrrole nitrogens is 1. The Morgan fingerprint density at radius 3 is 2.44 bits per heavy atom. The molecule has 0 bridgehead atoms. The average molecular weight is 244 g/mol. The van der Waals surface area contributed by atoms with E-state index in [-0.39, 0.29) is 6.61 Å². The summed E-state index contributed by atoms with van der Waals surface area (Å²) in [6.45, 7) is 4.54. The van der Waals surface area contributed by atoms with Crippen LogP contribution in [0.15, 0.2) is 30.5 Å². The molecule has 1 aromatic carbocycles. The van der Waals surface area contributed by atoms with Crippen molar-refractivity contribution in [1.82, 2.24) is 10.2 Å². The summed E-state index contributed by atoms with van der Waals surface area (Å²) < 4.78 is 0. The normalized spacial score (nSPS) is 11.1. The number of hydrogen-bond acceptors (Lipinski definition) is 2. The third-order valence-corrected chi connectivity index (χ3v) is 3.15. The lowest BCUT2D eigenvalue weighted by atomic mass is 9.99. The Bertz CT molecular complexity index is 485. The summed E-state index contributed by atoms with van der Waals surface area (Å²) in [5, 5.41) is 16.1. The summed E-state index contributed by atoms with van der Waals surface area (Å²) in [5.41, 5.74) is 4.94. The van der Waals surface area contributed by atoms with Gasteiger partial charge in [0.05, 0.1) is 6.20 Å². The molecule has 2 aromatic rings. The molecule has 0 atom stereocenters. The summed E-state index contributed by atoms with van der Waals surface area (Å²) in [4.78, 5) is 0. The minimum atomic E-state index is 0.207. The van der Waals surface area contributed by atoms with Crippen LogP contribution in [0.3, 0.4) is 0 Å². The fourth-order valence-corrected chi connectivity index (χ4v) is 2.13. The zero-order valence-corrected chi connectivity index (χ0v) is 11.0. The van der Waals surface area contributed by atoms with Crippen LogP contribution < -0.4 is 0 Å². The standard InChI is InChI=1S/C15H20N2O/c1-11(2)15-14(10-16-17-15)9-13-5-3-12(4-6-13)7-8-18/h3-6,10-11,18H,7-9H2,1-2H3,(H,16,17). The molecule has 0 aliphatic rings. The number of aliphatic hydroxyl groups excluding tert-OH is 1. The Morgan fingerprint density at radius 1 is 1.17 bits per heavy atom. The molecule has 18 heavy (non-hydrogen) atoms. The number of aliphatic hydroxyl groups is 1. The fourth-order valence-electron chi connectivity index (χ4n) is 2.13. The van der Waals surface area contributed by atoms with E-state index in [1.165, 1.54) is 22.4 Å². The van der Waals surface area contributed by atoms with E-state index in [1.807, 2.05) is 6.20 Å². The zero-order valence-electron chi connectivity index (χ0n) is 11.0. The van der Waals surface area contributed by atoms with Gasteiger partial charge in [-0.05, 0) is 29.0 Å². The van der Waals surface area contributed by atoms with Gasteiger partial charge in [-0.25, -0.2) is 0 Å². The Morgan fingerprint density at radius 2 is 1.83 bits per heavy atom. The molecule has 96 valence electrons. The molecule has 0 radical (unpaired) electrons. The Balaban J connectivity index is 2.11. The molecular formula is C15H20N2O. The predicted octanol–water partition coefficient (Wildman–Crippen LogP) is 2.66. The monoisotopic (exact) mass is 244 g/mol. The lowest BCUT2D eigenvalue weighted by Gasteiger charge is -2.07.